The number of nitrogens with one attached hydrogen (secondary N) is 1. The second kappa shape index (κ2) is 7.81. The van der Waals surface area contributed by atoms with Crippen molar-refractivity contribution in [3.05, 3.63) is 23.3 Å². The molecule has 2 heterocycles. The van der Waals surface area contributed by atoms with Crippen LogP contribution in [0.2, 0.25) is 0 Å². The van der Waals surface area contributed by atoms with Gasteiger partial charge in [0, 0.05) is 17.5 Å². The third-order valence-corrected chi connectivity index (χ3v) is 6.10. The number of aromatic hydroxyl groups is 1. The number of H-pyrrole nitrogens is 1. The topological polar surface area (TPSA) is 65.3 Å². The molecule has 1 saturated heterocycles. The molecule has 0 spiro atoms. The Balaban J connectivity index is 1.84. The van der Waals surface area contributed by atoms with Gasteiger partial charge in [-0.05, 0) is 75.2 Å². The standard InChI is InChI=1S/C19H29N3OS/c1-3-14-15-4-5-17(23)16(18(15)21-19(14)24-2)12-22-10-7-13(6-9-20)8-11-22/h4-5,13,21,23H,3,6-12,20H2,1-2H3. The predicted molar refractivity (Wildman–Crippen MR) is 103 cm³/mol. The Hall–Kier alpha value is -1.17. The molecule has 1 aromatic heterocycles. The molecule has 1 aromatic carbocycles. The number of thioether (sulfide) groups is 1. The van der Waals surface area contributed by atoms with E-state index in [2.05, 4.69) is 29.1 Å². The van der Waals surface area contributed by atoms with Crippen molar-refractivity contribution in [2.24, 2.45) is 11.7 Å². The number of nitrogens with zero attached hydrogens (tertiary/aromatic N) is 1. The number of fused-ring (bicyclic) bond motifs is 1. The van der Waals surface area contributed by atoms with Gasteiger partial charge in [-0.25, -0.2) is 0 Å². The zero-order chi connectivity index (χ0) is 17.1. The van der Waals surface area contributed by atoms with Crippen LogP contribution in [0.1, 0.15) is 37.3 Å². The molecule has 4 nitrogen and oxygen atoms in total. The highest BCUT2D eigenvalue weighted by Gasteiger charge is 2.21. The van der Waals surface area contributed by atoms with Crippen molar-refractivity contribution in [3.8, 4) is 5.75 Å². The van der Waals surface area contributed by atoms with Gasteiger partial charge in [0.1, 0.15) is 5.75 Å². The van der Waals surface area contributed by atoms with Gasteiger partial charge in [-0.3, -0.25) is 4.90 Å². The lowest BCUT2D eigenvalue weighted by molar-refractivity contribution is 0.172. The van der Waals surface area contributed by atoms with Crippen LogP contribution in [0, 0.1) is 5.92 Å². The molecule has 5 heteroatoms. The Morgan fingerprint density at radius 3 is 2.67 bits per heavy atom. The van der Waals surface area contributed by atoms with E-state index in [-0.39, 0.29) is 0 Å². The number of likely N-dealkylation sites (tertiary alicyclic amines) is 1. The maximum absolute atomic E-state index is 10.5. The van der Waals surface area contributed by atoms with E-state index in [1.54, 1.807) is 11.8 Å². The molecule has 1 fully saturated rings. The minimum Gasteiger partial charge on any atom is -0.508 e. The van der Waals surface area contributed by atoms with Gasteiger partial charge in [-0.1, -0.05) is 6.92 Å². The minimum absolute atomic E-state index is 0.406. The molecule has 0 bridgehead atoms. The van der Waals surface area contributed by atoms with Crippen LogP contribution in [0.4, 0.5) is 0 Å². The lowest BCUT2D eigenvalue weighted by atomic mass is 9.93. The van der Waals surface area contributed by atoms with E-state index >= 15 is 0 Å². The molecule has 0 saturated carbocycles. The van der Waals surface area contributed by atoms with Crippen molar-refractivity contribution in [3.63, 3.8) is 0 Å². The number of rotatable bonds is 6. The summed E-state index contributed by atoms with van der Waals surface area (Å²) in [4.78, 5) is 6.02. The summed E-state index contributed by atoms with van der Waals surface area (Å²) in [6.45, 7) is 5.99. The van der Waals surface area contributed by atoms with Crippen LogP contribution in [-0.4, -0.2) is 40.9 Å². The number of phenols is 1. The van der Waals surface area contributed by atoms with Gasteiger partial charge in [0.05, 0.1) is 10.5 Å². The van der Waals surface area contributed by atoms with E-state index in [4.69, 9.17) is 5.73 Å². The van der Waals surface area contributed by atoms with Gasteiger partial charge >= 0.3 is 0 Å². The molecular weight excluding hydrogens is 318 g/mol. The first-order valence-corrected chi connectivity index (χ1v) is 10.2. The van der Waals surface area contributed by atoms with Gasteiger partial charge < -0.3 is 15.8 Å². The first-order valence-electron chi connectivity index (χ1n) is 8.99. The third-order valence-electron chi connectivity index (χ3n) is 5.35. The molecule has 1 aliphatic heterocycles. The van der Waals surface area contributed by atoms with Gasteiger partial charge in [-0.2, -0.15) is 0 Å². The number of phenolic OH excluding ortho intramolecular Hbond substituents is 1. The fraction of sp³-hybridized carbons (Fsp3) is 0.579. The van der Waals surface area contributed by atoms with E-state index in [1.165, 1.54) is 28.8 Å². The lowest BCUT2D eigenvalue weighted by Gasteiger charge is -2.32. The molecule has 3 rings (SSSR count). The molecule has 0 radical (unpaired) electrons. The number of piperidine rings is 1. The van der Waals surface area contributed by atoms with Crippen molar-refractivity contribution < 1.29 is 5.11 Å². The summed E-state index contributed by atoms with van der Waals surface area (Å²) < 4.78 is 0. The Morgan fingerprint density at radius 1 is 1.29 bits per heavy atom. The second-order valence-corrected chi connectivity index (χ2v) is 7.59. The van der Waals surface area contributed by atoms with Gasteiger partial charge in [0.2, 0.25) is 0 Å². The first-order chi connectivity index (χ1) is 11.7. The molecule has 0 amide bonds. The molecule has 0 atom stereocenters. The van der Waals surface area contributed by atoms with Crippen LogP contribution in [0.15, 0.2) is 17.2 Å². The van der Waals surface area contributed by atoms with Gasteiger partial charge in [0.15, 0.2) is 0 Å². The molecule has 0 aliphatic carbocycles. The predicted octanol–water partition coefficient (Wildman–Crippen LogP) is 3.72. The van der Waals surface area contributed by atoms with Crippen LogP contribution in [0.3, 0.4) is 0 Å². The largest absolute Gasteiger partial charge is 0.508 e. The van der Waals surface area contributed by atoms with Crippen LogP contribution >= 0.6 is 11.8 Å². The molecule has 4 N–H and O–H groups in total. The van der Waals surface area contributed by atoms with Crippen molar-refractivity contribution in [2.75, 3.05) is 25.9 Å². The van der Waals surface area contributed by atoms with Crippen LogP contribution in [0.5, 0.6) is 5.75 Å². The number of aryl methyl sites for hydroxylation is 1. The zero-order valence-corrected chi connectivity index (χ0v) is 15.6. The van der Waals surface area contributed by atoms with Gasteiger partial charge in [-0.15, -0.1) is 11.8 Å². The number of nitrogens with two attached hydrogens (primary N) is 1. The highest BCUT2D eigenvalue weighted by Crippen LogP contribution is 2.35. The maximum Gasteiger partial charge on any atom is 0.122 e. The SMILES string of the molecule is CCc1c(SC)[nH]c2c(CN3CCC(CCN)CC3)c(O)ccc12. The summed E-state index contributed by atoms with van der Waals surface area (Å²) in [5.74, 6) is 1.18. The van der Waals surface area contributed by atoms with Crippen molar-refractivity contribution in [1.82, 2.24) is 9.88 Å². The molecule has 24 heavy (non-hydrogen) atoms. The summed E-state index contributed by atoms with van der Waals surface area (Å²) in [5.41, 5.74) is 9.20. The zero-order valence-electron chi connectivity index (χ0n) is 14.8. The fourth-order valence-electron chi connectivity index (χ4n) is 3.92. The molecule has 1 aliphatic rings. The van der Waals surface area contributed by atoms with E-state index < -0.39 is 0 Å². The molecule has 2 aromatic rings. The number of aromatic nitrogens is 1. The Morgan fingerprint density at radius 2 is 2.04 bits per heavy atom. The minimum atomic E-state index is 0.406. The van der Waals surface area contributed by atoms with E-state index in [9.17, 15) is 5.11 Å². The second-order valence-electron chi connectivity index (χ2n) is 6.77. The highest BCUT2D eigenvalue weighted by atomic mass is 32.2. The highest BCUT2D eigenvalue weighted by molar-refractivity contribution is 7.98. The molecule has 0 unspecified atom stereocenters. The number of aromatic amines is 1. The number of hydrogen-bond acceptors (Lipinski definition) is 4. The van der Waals surface area contributed by atoms with Crippen LogP contribution in [0.25, 0.3) is 10.9 Å². The fourth-order valence-corrected chi connectivity index (χ4v) is 4.63. The summed E-state index contributed by atoms with van der Waals surface area (Å²) in [7, 11) is 0. The third kappa shape index (κ3) is 3.44. The van der Waals surface area contributed by atoms with E-state index in [0.29, 0.717) is 5.75 Å². The Labute approximate surface area is 148 Å². The molecular formula is C19H29N3OS. The summed E-state index contributed by atoms with van der Waals surface area (Å²) in [5, 5.41) is 12.9. The monoisotopic (exact) mass is 347 g/mol. The average Bonchev–Trinajstić information content (AvgIpc) is 2.97. The Kier molecular flexibility index (Phi) is 5.74. The summed E-state index contributed by atoms with van der Waals surface area (Å²) >= 11 is 1.75. The smallest absolute Gasteiger partial charge is 0.122 e. The Bertz CT molecular complexity index is 689. The van der Waals surface area contributed by atoms with Crippen molar-refractivity contribution in [1.29, 1.82) is 0 Å². The van der Waals surface area contributed by atoms with Crippen molar-refractivity contribution >= 4 is 22.7 Å². The normalized spacial score (nSPS) is 17.0. The summed E-state index contributed by atoms with van der Waals surface area (Å²) in [6.07, 6.45) is 6.68. The maximum atomic E-state index is 10.5. The number of benzene rings is 1. The lowest BCUT2D eigenvalue weighted by Crippen LogP contribution is -2.33. The number of hydrogen-bond donors (Lipinski definition) is 3. The van der Waals surface area contributed by atoms with Crippen LogP contribution in [-0.2, 0) is 13.0 Å². The summed E-state index contributed by atoms with van der Waals surface area (Å²) in [6, 6.07) is 3.91. The van der Waals surface area contributed by atoms with Gasteiger partial charge in [0.25, 0.3) is 0 Å². The quantitative estimate of drug-likeness (QED) is 0.697. The van der Waals surface area contributed by atoms with Crippen molar-refractivity contribution in [2.45, 2.75) is 44.2 Å². The van der Waals surface area contributed by atoms with Crippen LogP contribution < -0.4 is 5.73 Å². The molecule has 132 valence electrons. The first kappa shape index (κ1) is 17.6. The van der Waals surface area contributed by atoms with E-state index in [1.807, 2.05) is 6.07 Å². The van der Waals surface area contributed by atoms with E-state index in [0.717, 1.165) is 56.0 Å². The average molecular weight is 348 g/mol.